The van der Waals surface area contributed by atoms with Crippen molar-refractivity contribution in [2.75, 3.05) is 11.4 Å². The van der Waals surface area contributed by atoms with E-state index in [9.17, 15) is 0 Å². The van der Waals surface area contributed by atoms with E-state index >= 15 is 0 Å². The lowest BCUT2D eigenvalue weighted by atomic mass is 10.2. The van der Waals surface area contributed by atoms with Crippen LogP contribution in [0.1, 0.15) is 18.2 Å². The van der Waals surface area contributed by atoms with Crippen molar-refractivity contribution in [1.29, 1.82) is 0 Å². The molecule has 0 fully saturated rings. The maximum Gasteiger partial charge on any atom is 0.0772 e. The number of aromatic nitrogens is 1. The van der Waals surface area contributed by atoms with E-state index in [0.29, 0.717) is 6.54 Å². The van der Waals surface area contributed by atoms with Crippen LogP contribution < -0.4 is 10.6 Å². The van der Waals surface area contributed by atoms with Crippen LogP contribution in [-0.2, 0) is 13.1 Å². The second kappa shape index (κ2) is 6.17. The number of hydrogen-bond acceptors (Lipinski definition) is 3. The Morgan fingerprint density at radius 1 is 1.11 bits per heavy atom. The van der Waals surface area contributed by atoms with E-state index in [1.807, 2.05) is 12.1 Å². The van der Waals surface area contributed by atoms with Gasteiger partial charge in [-0.1, -0.05) is 30.3 Å². The molecule has 0 radical (unpaired) electrons. The van der Waals surface area contributed by atoms with Crippen LogP contribution in [0.3, 0.4) is 0 Å². The lowest BCUT2D eigenvalue weighted by molar-refractivity contribution is 0.812. The van der Waals surface area contributed by atoms with Gasteiger partial charge in [-0.3, -0.25) is 4.98 Å². The molecule has 0 saturated heterocycles. The summed E-state index contributed by atoms with van der Waals surface area (Å²) < 4.78 is 0. The molecule has 1 heterocycles. The van der Waals surface area contributed by atoms with Gasteiger partial charge in [-0.2, -0.15) is 0 Å². The number of nitrogens with two attached hydrogens (primary N) is 1. The second-order valence-corrected chi connectivity index (χ2v) is 4.17. The Labute approximate surface area is 108 Å². The molecule has 2 N–H and O–H groups in total. The summed E-state index contributed by atoms with van der Waals surface area (Å²) >= 11 is 0. The summed E-state index contributed by atoms with van der Waals surface area (Å²) in [4.78, 5) is 6.64. The fourth-order valence-electron chi connectivity index (χ4n) is 2.05. The SMILES string of the molecule is CCN(Cc1ccccc1)c1cccnc1CN. The molecule has 0 amide bonds. The van der Waals surface area contributed by atoms with Crippen LogP contribution in [0.25, 0.3) is 0 Å². The van der Waals surface area contributed by atoms with E-state index in [-0.39, 0.29) is 0 Å². The van der Waals surface area contributed by atoms with Crippen molar-refractivity contribution < 1.29 is 0 Å². The summed E-state index contributed by atoms with van der Waals surface area (Å²) in [5.41, 5.74) is 9.13. The Hall–Kier alpha value is -1.87. The predicted octanol–water partition coefficient (Wildman–Crippen LogP) is 2.57. The number of anilines is 1. The molecule has 0 aliphatic carbocycles. The minimum atomic E-state index is 0.474. The first-order valence-electron chi connectivity index (χ1n) is 6.28. The second-order valence-electron chi connectivity index (χ2n) is 4.17. The Morgan fingerprint density at radius 2 is 1.89 bits per heavy atom. The summed E-state index contributed by atoms with van der Waals surface area (Å²) in [6, 6.07) is 14.5. The molecule has 0 atom stereocenters. The lowest BCUT2D eigenvalue weighted by Gasteiger charge is -2.25. The van der Waals surface area contributed by atoms with Gasteiger partial charge < -0.3 is 10.6 Å². The van der Waals surface area contributed by atoms with Crippen LogP contribution in [0.2, 0.25) is 0 Å². The molecule has 0 saturated carbocycles. The molecule has 2 aromatic rings. The predicted molar refractivity (Wildman–Crippen MR) is 75.3 cm³/mol. The maximum absolute atomic E-state index is 5.75. The van der Waals surface area contributed by atoms with E-state index in [1.165, 1.54) is 5.56 Å². The number of benzene rings is 1. The summed E-state index contributed by atoms with van der Waals surface area (Å²) in [6.07, 6.45) is 1.79. The number of hydrogen-bond donors (Lipinski definition) is 1. The third-order valence-corrected chi connectivity index (χ3v) is 3.00. The van der Waals surface area contributed by atoms with Crippen molar-refractivity contribution in [2.45, 2.75) is 20.0 Å². The fourth-order valence-corrected chi connectivity index (χ4v) is 2.05. The highest BCUT2D eigenvalue weighted by Crippen LogP contribution is 2.20. The smallest absolute Gasteiger partial charge is 0.0772 e. The molecule has 0 bridgehead atoms. The van der Waals surface area contributed by atoms with Gasteiger partial charge in [0.15, 0.2) is 0 Å². The third-order valence-electron chi connectivity index (χ3n) is 3.00. The maximum atomic E-state index is 5.75. The average Bonchev–Trinajstić information content (AvgIpc) is 2.46. The topological polar surface area (TPSA) is 42.2 Å². The molecule has 18 heavy (non-hydrogen) atoms. The minimum absolute atomic E-state index is 0.474. The molecular formula is C15H19N3. The van der Waals surface area contributed by atoms with Crippen LogP contribution >= 0.6 is 0 Å². The van der Waals surface area contributed by atoms with Crippen molar-refractivity contribution in [2.24, 2.45) is 5.73 Å². The van der Waals surface area contributed by atoms with E-state index in [2.05, 4.69) is 47.1 Å². The van der Waals surface area contributed by atoms with Crippen LogP contribution in [0.5, 0.6) is 0 Å². The Bertz CT molecular complexity index is 482. The molecular weight excluding hydrogens is 222 g/mol. The van der Waals surface area contributed by atoms with Gasteiger partial charge in [0, 0.05) is 25.8 Å². The quantitative estimate of drug-likeness (QED) is 0.874. The van der Waals surface area contributed by atoms with E-state index in [0.717, 1.165) is 24.5 Å². The van der Waals surface area contributed by atoms with Crippen molar-refractivity contribution >= 4 is 5.69 Å². The van der Waals surface area contributed by atoms with Crippen LogP contribution in [0, 0.1) is 0 Å². The summed E-state index contributed by atoms with van der Waals surface area (Å²) in [5, 5.41) is 0. The number of pyridine rings is 1. The highest BCUT2D eigenvalue weighted by atomic mass is 15.1. The first-order valence-corrected chi connectivity index (χ1v) is 6.28. The standard InChI is InChI=1S/C15H19N3/c1-2-18(12-13-7-4-3-5-8-13)15-9-6-10-17-14(15)11-16/h3-10H,2,11-12,16H2,1H3. The molecule has 0 unspecified atom stereocenters. The molecule has 2 rings (SSSR count). The third kappa shape index (κ3) is 2.87. The van der Waals surface area contributed by atoms with Crippen LogP contribution in [-0.4, -0.2) is 11.5 Å². The van der Waals surface area contributed by atoms with Gasteiger partial charge in [-0.15, -0.1) is 0 Å². The van der Waals surface area contributed by atoms with Crippen LogP contribution in [0.4, 0.5) is 5.69 Å². The molecule has 94 valence electrons. The van der Waals surface area contributed by atoms with Crippen molar-refractivity contribution in [3.8, 4) is 0 Å². The normalized spacial score (nSPS) is 10.3. The van der Waals surface area contributed by atoms with Crippen molar-refractivity contribution in [1.82, 2.24) is 4.98 Å². The molecule has 0 aliphatic heterocycles. The van der Waals surface area contributed by atoms with E-state index in [4.69, 9.17) is 5.73 Å². The molecule has 1 aromatic carbocycles. The lowest BCUT2D eigenvalue weighted by Crippen LogP contribution is -2.24. The molecule has 0 aliphatic rings. The first kappa shape index (κ1) is 12.6. The number of rotatable bonds is 5. The summed E-state index contributed by atoms with van der Waals surface area (Å²) in [7, 11) is 0. The largest absolute Gasteiger partial charge is 0.366 e. The molecule has 3 heteroatoms. The van der Waals surface area contributed by atoms with Crippen molar-refractivity contribution in [3.63, 3.8) is 0 Å². The van der Waals surface area contributed by atoms with Gasteiger partial charge in [0.05, 0.1) is 11.4 Å². The number of nitrogens with zero attached hydrogens (tertiary/aromatic N) is 2. The minimum Gasteiger partial charge on any atom is -0.366 e. The van der Waals surface area contributed by atoms with Gasteiger partial charge in [0.1, 0.15) is 0 Å². The first-order chi connectivity index (χ1) is 8.85. The summed E-state index contributed by atoms with van der Waals surface area (Å²) in [5.74, 6) is 0. The molecule has 3 nitrogen and oxygen atoms in total. The van der Waals surface area contributed by atoms with E-state index < -0.39 is 0 Å². The van der Waals surface area contributed by atoms with Gasteiger partial charge in [-0.25, -0.2) is 0 Å². The Kier molecular flexibility index (Phi) is 4.31. The zero-order chi connectivity index (χ0) is 12.8. The fraction of sp³-hybridized carbons (Fsp3) is 0.267. The Morgan fingerprint density at radius 3 is 2.56 bits per heavy atom. The zero-order valence-electron chi connectivity index (χ0n) is 10.7. The Balaban J connectivity index is 2.23. The average molecular weight is 241 g/mol. The zero-order valence-corrected chi connectivity index (χ0v) is 10.7. The summed E-state index contributed by atoms with van der Waals surface area (Å²) in [6.45, 7) is 4.45. The van der Waals surface area contributed by atoms with Gasteiger partial charge in [0.2, 0.25) is 0 Å². The van der Waals surface area contributed by atoms with E-state index in [1.54, 1.807) is 6.20 Å². The van der Waals surface area contributed by atoms with Gasteiger partial charge >= 0.3 is 0 Å². The molecule has 0 spiro atoms. The van der Waals surface area contributed by atoms with Crippen LogP contribution in [0.15, 0.2) is 48.7 Å². The molecule has 1 aromatic heterocycles. The van der Waals surface area contributed by atoms with Crippen molar-refractivity contribution in [3.05, 3.63) is 59.9 Å². The van der Waals surface area contributed by atoms with Gasteiger partial charge in [0.25, 0.3) is 0 Å². The highest BCUT2D eigenvalue weighted by Gasteiger charge is 2.09. The highest BCUT2D eigenvalue weighted by molar-refractivity contribution is 5.50. The van der Waals surface area contributed by atoms with Gasteiger partial charge in [-0.05, 0) is 24.6 Å². The monoisotopic (exact) mass is 241 g/mol.